The number of hydrogen-bond acceptors (Lipinski definition) is 2. The molecule has 0 unspecified atom stereocenters. The minimum absolute atomic E-state index is 0. The standard InChI is InChI=1S/C6H13S2.2C3H7.2CH4.Y/c1-3-8-6-4-5-7-2;2*1-3-2;;;/h1,3-6H2,2H3;2*1,3H2,2H3;2*1H4;/q3*-1;;;+3. The van der Waals surface area contributed by atoms with E-state index < -0.39 is 0 Å². The van der Waals surface area contributed by atoms with Crippen molar-refractivity contribution in [2.45, 2.75) is 48.0 Å². The molecule has 106 valence electrons. The minimum atomic E-state index is 0. The van der Waals surface area contributed by atoms with Crippen LogP contribution in [0.3, 0.4) is 0 Å². The normalized spacial score (nSPS) is 6.71. The topological polar surface area (TPSA) is 0 Å². The van der Waals surface area contributed by atoms with Crippen LogP contribution in [-0.2, 0) is 32.7 Å². The minimum Gasteiger partial charge on any atom is -0.344 e. The molecule has 0 aromatic heterocycles. The van der Waals surface area contributed by atoms with Gasteiger partial charge in [-0.25, -0.2) is 0 Å². The van der Waals surface area contributed by atoms with Crippen LogP contribution in [0.15, 0.2) is 0 Å². The molecule has 3 heteroatoms. The van der Waals surface area contributed by atoms with Gasteiger partial charge in [0.25, 0.3) is 0 Å². The van der Waals surface area contributed by atoms with Crippen molar-refractivity contribution < 1.29 is 32.7 Å². The van der Waals surface area contributed by atoms with Gasteiger partial charge in [0.1, 0.15) is 0 Å². The summed E-state index contributed by atoms with van der Waals surface area (Å²) in [5.41, 5.74) is 0. The van der Waals surface area contributed by atoms with Crippen LogP contribution in [0.5, 0.6) is 0 Å². The molecule has 0 radical (unpaired) electrons. The summed E-state index contributed by atoms with van der Waals surface area (Å²) in [5, 5.41) is 0. The molecule has 0 rings (SSSR count). The summed E-state index contributed by atoms with van der Waals surface area (Å²) in [5.74, 6) is 3.60. The average molecular weight is 356 g/mol. The molecule has 0 aliphatic heterocycles. The first-order valence-corrected chi connectivity index (χ1v) is 7.74. The second-order valence-corrected chi connectivity index (χ2v) is 4.67. The molecule has 0 aromatic carbocycles. The maximum Gasteiger partial charge on any atom is 3.00 e. The molecular formula is C14H35S2Y. The summed E-state index contributed by atoms with van der Waals surface area (Å²) in [4.78, 5) is 0. The van der Waals surface area contributed by atoms with Crippen LogP contribution in [0.25, 0.3) is 0 Å². The van der Waals surface area contributed by atoms with E-state index in [0.29, 0.717) is 0 Å². The Labute approximate surface area is 147 Å². The molecule has 0 N–H and O–H groups in total. The van der Waals surface area contributed by atoms with Crippen molar-refractivity contribution in [3.05, 3.63) is 20.8 Å². The van der Waals surface area contributed by atoms with Crippen molar-refractivity contribution in [3.63, 3.8) is 0 Å². The van der Waals surface area contributed by atoms with E-state index in [1.165, 1.54) is 17.9 Å². The Morgan fingerprint density at radius 3 is 1.47 bits per heavy atom. The van der Waals surface area contributed by atoms with Crippen molar-refractivity contribution in [1.29, 1.82) is 0 Å². The van der Waals surface area contributed by atoms with Crippen LogP contribution in [0, 0.1) is 20.8 Å². The number of rotatable bonds is 5. The third-order valence-corrected chi connectivity index (χ3v) is 2.34. The van der Waals surface area contributed by atoms with Gasteiger partial charge in [0.2, 0.25) is 0 Å². The van der Waals surface area contributed by atoms with Crippen LogP contribution >= 0.6 is 23.5 Å². The monoisotopic (exact) mass is 356 g/mol. The van der Waals surface area contributed by atoms with Gasteiger partial charge in [-0.05, 0) is 24.2 Å². The predicted molar refractivity (Wildman–Crippen MR) is 90.4 cm³/mol. The Balaban J connectivity index is -0.0000000292. The van der Waals surface area contributed by atoms with Crippen molar-refractivity contribution >= 4 is 23.5 Å². The summed E-state index contributed by atoms with van der Waals surface area (Å²) in [7, 11) is 0. The van der Waals surface area contributed by atoms with Crippen LogP contribution < -0.4 is 0 Å². The van der Waals surface area contributed by atoms with Crippen LogP contribution in [0.4, 0.5) is 0 Å². The quantitative estimate of drug-likeness (QED) is 0.435. The van der Waals surface area contributed by atoms with Crippen molar-refractivity contribution in [2.24, 2.45) is 0 Å². The fourth-order valence-corrected chi connectivity index (χ4v) is 1.58. The molecule has 0 aromatic rings. The first kappa shape index (κ1) is 36.4. The van der Waals surface area contributed by atoms with E-state index in [0.717, 1.165) is 18.6 Å². The summed E-state index contributed by atoms with van der Waals surface area (Å²) in [6.07, 6.45) is 5.48. The van der Waals surface area contributed by atoms with Gasteiger partial charge in [-0.1, -0.05) is 28.7 Å². The smallest absolute Gasteiger partial charge is 0.344 e. The van der Waals surface area contributed by atoms with E-state index in [1.54, 1.807) is 0 Å². The second-order valence-electron chi connectivity index (χ2n) is 2.46. The fraction of sp³-hybridized carbons (Fsp3) is 0.786. The van der Waals surface area contributed by atoms with Gasteiger partial charge >= 0.3 is 32.7 Å². The Morgan fingerprint density at radius 2 is 1.24 bits per heavy atom. The van der Waals surface area contributed by atoms with E-state index in [9.17, 15) is 0 Å². The van der Waals surface area contributed by atoms with Gasteiger partial charge in [0, 0.05) is 0 Å². The maximum absolute atomic E-state index is 3.74. The summed E-state index contributed by atoms with van der Waals surface area (Å²) >= 11 is 3.84. The molecule has 0 saturated carbocycles. The van der Waals surface area contributed by atoms with E-state index in [1.807, 2.05) is 37.4 Å². The first-order chi connectivity index (χ1) is 6.74. The Hall–Kier alpha value is 1.80. The maximum atomic E-state index is 3.74. The largest absolute Gasteiger partial charge is 3.00 e. The third kappa shape index (κ3) is 96.1. The number of hydrogen-bond donors (Lipinski definition) is 0. The summed E-state index contributed by atoms with van der Waals surface area (Å²) < 4.78 is 0. The molecule has 0 aliphatic rings. The molecule has 0 atom stereocenters. The second kappa shape index (κ2) is 52.3. The van der Waals surface area contributed by atoms with Crippen LogP contribution in [0.2, 0.25) is 0 Å². The van der Waals surface area contributed by atoms with Crippen molar-refractivity contribution in [3.8, 4) is 0 Å². The van der Waals surface area contributed by atoms with E-state index in [2.05, 4.69) is 27.0 Å². The van der Waals surface area contributed by atoms with Crippen LogP contribution in [-0.4, -0.2) is 23.5 Å². The van der Waals surface area contributed by atoms with E-state index in [4.69, 9.17) is 0 Å². The van der Waals surface area contributed by atoms with Gasteiger partial charge in [-0.2, -0.15) is 36.4 Å². The van der Waals surface area contributed by atoms with Gasteiger partial charge in [-0.15, -0.1) is 5.75 Å². The SMILES string of the molecule is C.C.[CH2-]CC.[CH2-]CC.[CH2-]CSCCCSC.[Y+3]. The van der Waals surface area contributed by atoms with Gasteiger partial charge in [-0.3, -0.25) is 0 Å². The predicted octanol–water partition coefficient (Wildman–Crippen LogP) is 6.04. The fourth-order valence-electron chi connectivity index (χ4n) is 0.407. The summed E-state index contributed by atoms with van der Waals surface area (Å²) in [6, 6.07) is 0. The molecule has 0 bridgehead atoms. The van der Waals surface area contributed by atoms with E-state index in [-0.39, 0.29) is 47.6 Å². The van der Waals surface area contributed by atoms with E-state index >= 15 is 0 Å². The third-order valence-electron chi connectivity index (χ3n) is 0.781. The Kier molecular flexibility index (Phi) is 112. The molecule has 0 fully saturated rings. The Morgan fingerprint density at radius 1 is 0.882 bits per heavy atom. The molecule has 0 spiro atoms. The molecule has 0 aliphatic carbocycles. The van der Waals surface area contributed by atoms with Crippen LogP contribution in [0.1, 0.15) is 48.0 Å². The van der Waals surface area contributed by atoms with Crippen molar-refractivity contribution in [1.82, 2.24) is 0 Å². The van der Waals surface area contributed by atoms with Gasteiger partial charge in [0.15, 0.2) is 0 Å². The Bertz CT molecular complexity index is 54.2. The molecule has 17 heavy (non-hydrogen) atoms. The summed E-state index contributed by atoms with van der Waals surface area (Å²) in [6.45, 7) is 14.7. The zero-order valence-corrected chi connectivity index (χ0v) is 15.2. The molecule has 0 saturated heterocycles. The molecule has 0 heterocycles. The number of thioether (sulfide) groups is 2. The van der Waals surface area contributed by atoms with Gasteiger partial charge < -0.3 is 20.8 Å². The zero-order chi connectivity index (χ0) is 11.7. The first-order valence-electron chi connectivity index (χ1n) is 5.19. The average Bonchev–Trinajstić information content (AvgIpc) is 2.15. The van der Waals surface area contributed by atoms with Gasteiger partial charge in [0.05, 0.1) is 0 Å². The molecule has 0 amide bonds. The van der Waals surface area contributed by atoms with Crippen molar-refractivity contribution in [2.75, 3.05) is 23.5 Å². The molecular weight excluding hydrogens is 321 g/mol. The molecule has 0 nitrogen and oxygen atoms in total. The zero-order valence-electron chi connectivity index (χ0n) is 10.8.